The number of carbonyl (C=O) groups is 6. The maximum Gasteiger partial charge on any atom is 0.224 e. The smallest absolute Gasteiger partial charge is 0.224 e. The molecule has 0 fully saturated rings. The minimum absolute atomic E-state index is 0.000696. The zero-order chi connectivity index (χ0) is 104. The van der Waals surface area contributed by atoms with Crippen molar-refractivity contribution in [2.75, 3.05) is 0 Å². The van der Waals surface area contributed by atoms with Crippen molar-refractivity contribution in [3.05, 3.63) is 237 Å². The molecule has 0 spiro atoms. The number of benzene rings is 6. The summed E-state index contributed by atoms with van der Waals surface area (Å²) in [6.07, 6.45) is -30.3. The fourth-order valence-electron chi connectivity index (χ4n) is 15.1. The van der Waals surface area contributed by atoms with Gasteiger partial charge < -0.3 is 34.4 Å². The Bertz CT molecular complexity index is 6650. The quantitative estimate of drug-likeness (QED) is 0.0944. The first-order valence-electron chi connectivity index (χ1n) is 49.6. The predicted octanol–water partition coefficient (Wildman–Crippen LogP) is 18.8. The van der Waals surface area contributed by atoms with Crippen LogP contribution in [0.25, 0.3) is 33.4 Å². The number of nitrogens with two attached hydrogens (primary N) is 6. The fraction of sp³-hybridized carbons (Fsp3) is 0.386. The van der Waals surface area contributed by atoms with Crippen molar-refractivity contribution in [2.24, 2.45) is 69.8 Å². The van der Waals surface area contributed by atoms with Crippen molar-refractivity contribution in [3.63, 3.8) is 0 Å². The van der Waals surface area contributed by atoms with Gasteiger partial charge in [0, 0.05) is 68.5 Å². The van der Waals surface area contributed by atoms with Crippen molar-refractivity contribution >= 4 is 138 Å². The van der Waals surface area contributed by atoms with Gasteiger partial charge in [0.25, 0.3) is 0 Å². The Balaban J connectivity index is 0.000000140. The second-order valence-electron chi connectivity index (χ2n) is 26.7. The molecular weight excluding hydrogens is 1450 g/mol. The van der Waals surface area contributed by atoms with Gasteiger partial charge in [-0.2, -0.15) is 0 Å². The van der Waals surface area contributed by atoms with Gasteiger partial charge in [0.2, 0.25) is 35.4 Å². The number of rotatable bonds is 6. The molecule has 0 aromatic heterocycles. The van der Waals surface area contributed by atoms with Crippen LogP contribution >= 0.6 is 69.6 Å². The summed E-state index contributed by atoms with van der Waals surface area (Å²) in [6.45, 7) is 7.09. The summed E-state index contributed by atoms with van der Waals surface area (Å²) in [5, 5.41) is 2.07. The van der Waals surface area contributed by atoms with Gasteiger partial charge >= 0.3 is 0 Å². The average molecular weight is 1570 g/mol. The fourth-order valence-corrected chi connectivity index (χ4v) is 16.1. The van der Waals surface area contributed by atoms with Crippen molar-refractivity contribution in [2.45, 2.75) is 181 Å². The van der Waals surface area contributed by atoms with Crippen LogP contribution in [-0.2, 0) is 67.3 Å². The monoisotopic (exact) mass is 1570 g/mol. The van der Waals surface area contributed by atoms with Gasteiger partial charge in [-0.1, -0.05) is 99.9 Å². The lowest BCUT2D eigenvalue weighted by molar-refractivity contribution is -0.121. The second kappa shape index (κ2) is 31.9. The standard InChI is InChI=1S/4C15H16ClNO.2C14H14ClNO/c3*1-8-5-9-6-13-10(12(9)7-14(8)16)3-2-4-11(13)15(17)18;1-8-5-9(16)6-13-10-3-2-4-11(15(17)18)14(10)7-12(8)13;2*15-9-5-4-8-6-13-10(12(8)7-9)2-1-3-11(13)14(16)17/h3*5,7,11H,2-4,6H2,1H3,(H2,17,18);5-6,11H,2-4,7H2,1H3,(H2,17,18);2*4-5,7,11H,1-3,6H2,(H2,16,17)/i2D2,4D2,5D,7D;2D2,4D2,11D;2D2,4D2,7D;2D2,4D2,11D;1D2,3D2,7D,11D;1D2,3D2,11D. The molecule has 552 valence electrons. The van der Waals surface area contributed by atoms with Crippen LogP contribution in [0.15, 0.2) is 118 Å². The molecule has 0 aliphatic heterocycles. The molecule has 18 rings (SSSR count). The van der Waals surface area contributed by atoms with E-state index in [2.05, 4.69) is 0 Å². The maximum atomic E-state index is 12.0. The lowest BCUT2D eigenvalue weighted by atomic mass is 9.82. The Morgan fingerprint density at radius 3 is 1.17 bits per heavy atom. The van der Waals surface area contributed by atoms with Gasteiger partial charge in [-0.15, -0.1) is 0 Å². The average Bonchev–Trinajstić information content (AvgIpc) is 1.09. The molecule has 12 aliphatic carbocycles. The van der Waals surface area contributed by atoms with Crippen LogP contribution in [0.1, 0.15) is 248 Å². The molecule has 0 heterocycles. The molecular formula is C88H92Cl6N6O6. The van der Waals surface area contributed by atoms with E-state index in [0.717, 1.165) is 38.9 Å². The highest BCUT2D eigenvalue weighted by Crippen LogP contribution is 2.52. The number of amides is 6. The topological polar surface area (TPSA) is 259 Å². The molecule has 0 bridgehead atoms. The summed E-state index contributed by atoms with van der Waals surface area (Å²) in [4.78, 5) is 71.6. The van der Waals surface area contributed by atoms with E-state index < -0.39 is 147 Å². The van der Waals surface area contributed by atoms with Gasteiger partial charge in [-0.05, 0) is 392 Å². The normalized spacial score (nSPS) is 34.8. The zero-order valence-electron chi connectivity index (χ0n) is 89.6. The van der Waals surface area contributed by atoms with Crippen LogP contribution in [0.5, 0.6) is 0 Å². The highest BCUT2D eigenvalue weighted by molar-refractivity contribution is 6.33. The summed E-state index contributed by atoms with van der Waals surface area (Å²) in [7, 11) is 0. The third kappa shape index (κ3) is 15.4. The predicted molar refractivity (Wildman–Crippen MR) is 431 cm³/mol. The molecule has 6 amide bonds. The summed E-state index contributed by atoms with van der Waals surface area (Å²) in [6, 6.07) is 17.3. The first-order valence-corrected chi connectivity index (χ1v) is 35.9. The Hall–Kier alpha value is -7.68. The van der Waals surface area contributed by atoms with Crippen LogP contribution < -0.4 is 34.4 Å². The number of aryl methyl sites for hydroxylation is 3. The summed E-state index contributed by atoms with van der Waals surface area (Å²) in [5.74, 6) is -19.2. The first-order chi connectivity index (χ1) is 62.7. The number of hydrogen-bond acceptors (Lipinski definition) is 6. The van der Waals surface area contributed by atoms with E-state index in [9.17, 15) is 28.8 Å². The molecule has 6 aromatic carbocycles. The molecule has 0 saturated carbocycles. The molecule has 18 heteroatoms. The number of carbonyl (C=O) groups excluding carboxylic acids is 6. The van der Waals surface area contributed by atoms with E-state index in [4.69, 9.17) is 148 Å². The lowest BCUT2D eigenvalue weighted by Gasteiger charge is -2.22. The van der Waals surface area contributed by atoms with Gasteiger partial charge in [-0.25, -0.2) is 0 Å². The van der Waals surface area contributed by atoms with Crippen LogP contribution in [0.3, 0.4) is 0 Å². The van der Waals surface area contributed by atoms with E-state index >= 15 is 0 Å². The molecule has 6 atom stereocenters. The van der Waals surface area contributed by atoms with Crippen LogP contribution in [0, 0.1) is 63.1 Å². The summed E-state index contributed by atoms with van der Waals surface area (Å²) in [5.41, 5.74) is 47.2. The van der Waals surface area contributed by atoms with Crippen molar-refractivity contribution < 1.29 is 72.6 Å². The van der Waals surface area contributed by atoms with Crippen molar-refractivity contribution in [1.82, 2.24) is 0 Å². The van der Waals surface area contributed by atoms with E-state index in [-0.39, 0.29) is 127 Å². The number of halogens is 6. The van der Waals surface area contributed by atoms with Gasteiger partial charge in [0.15, 0.2) is 0 Å². The van der Waals surface area contributed by atoms with Crippen molar-refractivity contribution in [3.8, 4) is 0 Å². The first kappa shape index (κ1) is 46.0. The Labute approximate surface area is 696 Å². The molecule has 0 saturated heterocycles. The molecule has 6 unspecified atom stereocenters. The maximum absolute atomic E-state index is 12.0. The second-order valence-corrected chi connectivity index (χ2v) is 29.1. The molecule has 12 nitrogen and oxygen atoms in total. The largest absolute Gasteiger partial charge is 0.369 e. The van der Waals surface area contributed by atoms with E-state index in [1.54, 1.807) is 56.3 Å². The van der Waals surface area contributed by atoms with Gasteiger partial charge in [0.1, 0.15) is 0 Å². The van der Waals surface area contributed by atoms with E-state index in [1.807, 2.05) is 26.0 Å². The van der Waals surface area contributed by atoms with E-state index in [0.29, 0.717) is 121 Å². The van der Waals surface area contributed by atoms with Crippen LogP contribution in [0.4, 0.5) is 0 Å². The SMILES string of the molecule is [2H]C1([2H])CC2=C(Cc3c(C)cc(Cl)cc32)C([2H])(C(N)=O)C1([2H])[2H].[2H]C1([2H])CC2=C(Cc3cc(C)c(Cl)cc32)C([2H])(C(N)=O)C1([2H])[2H].[2H]C1([2H])CC2=C(Cc3ccc(Cl)cc32)C([2H])(C(N)=O)C1([2H])[2H].[2H]c1c(C)c(Cl)c([2H])c2c1CC1=C2CC([2H])([2H])C([2H])([2H])C1C(N)=O.[2H]c1c(Cl)c(C)cc2c1C1=C(C2)C(C(N)=O)C([2H])([2H])C([2H])([2H])C1.[2H]c1c(Cl)ccc2c1C1=C(C2)C([2H])(C(N)=O)C([2H])([2H])C([2H])([2H])C1. The minimum atomic E-state index is -2.78. The van der Waals surface area contributed by atoms with Gasteiger partial charge in [-0.3, -0.25) is 28.8 Å². The Kier molecular flexibility index (Phi) is 13.8. The highest BCUT2D eigenvalue weighted by Gasteiger charge is 2.40. The molecule has 12 aliphatic rings. The third-order valence-electron chi connectivity index (χ3n) is 20.1. The lowest BCUT2D eigenvalue weighted by Crippen LogP contribution is -2.27. The summed E-state index contributed by atoms with van der Waals surface area (Å²) < 4.78 is 260. The Morgan fingerprint density at radius 2 is 0.679 bits per heavy atom. The Morgan fingerprint density at radius 1 is 0.330 bits per heavy atom. The third-order valence-corrected chi connectivity index (χ3v) is 22.0. The molecule has 12 N–H and O–H groups in total. The number of allylic oxidation sites excluding steroid dienone is 6. The number of fused-ring (bicyclic) bond motifs is 12. The molecule has 0 radical (unpaired) electrons. The molecule has 106 heavy (non-hydrogen) atoms. The zero-order valence-corrected chi connectivity index (χ0v) is 62.1. The summed E-state index contributed by atoms with van der Waals surface area (Å²) >= 11 is 36.5. The van der Waals surface area contributed by atoms with Crippen molar-refractivity contribution in [1.29, 1.82) is 0 Å². The molecule has 6 aromatic rings. The minimum Gasteiger partial charge on any atom is -0.369 e. The van der Waals surface area contributed by atoms with Crippen LogP contribution in [-0.4, -0.2) is 35.4 Å². The van der Waals surface area contributed by atoms with E-state index in [1.165, 1.54) is 6.07 Å². The van der Waals surface area contributed by atoms with Gasteiger partial charge in [0.05, 0.1) is 40.9 Å². The van der Waals surface area contributed by atoms with Crippen LogP contribution in [0.2, 0.25) is 30.1 Å². The number of primary amides is 6. The highest BCUT2D eigenvalue weighted by atomic mass is 35.5. The number of hydrogen-bond donors (Lipinski definition) is 6.